The summed E-state index contributed by atoms with van der Waals surface area (Å²) in [5, 5.41) is 5.66. The van der Waals surface area contributed by atoms with Crippen molar-refractivity contribution in [1.82, 2.24) is 9.88 Å². The average Bonchev–Trinajstić information content (AvgIpc) is 2.74. The number of carbonyl (C=O) groups excluding carboxylic acids is 2. The molecule has 1 heterocycles. The molecule has 2 amide bonds. The first-order valence-corrected chi connectivity index (χ1v) is 9.90. The number of nitrogens with zero attached hydrogens (tertiary/aromatic N) is 1. The number of rotatable bonds is 6. The molecule has 3 aromatic rings. The predicted octanol–water partition coefficient (Wildman–Crippen LogP) is 3.93. The lowest BCUT2D eigenvalue weighted by molar-refractivity contribution is 0.0936. The molecule has 0 bridgehead atoms. The third-order valence-corrected chi connectivity index (χ3v) is 4.87. The Balaban J connectivity index is 1.79. The Morgan fingerprint density at radius 1 is 1.00 bits per heavy atom. The standard InChI is InChI=1S/C24H25N3O3/c1-4-17(3)25-23(29)21-9-6-14-27(24(21)30)20-12-10-19(11-13-20)26-22(28)18-8-5-7-16(2)15-18/h5-15,17H,4H2,1-3H3,(H,25,29)(H,26,28). The number of hydrogen-bond donors (Lipinski definition) is 2. The van der Waals surface area contributed by atoms with Gasteiger partial charge in [-0.25, -0.2) is 0 Å². The normalized spacial score (nSPS) is 11.6. The summed E-state index contributed by atoms with van der Waals surface area (Å²) in [5.41, 5.74) is 2.50. The van der Waals surface area contributed by atoms with Crippen molar-refractivity contribution in [1.29, 1.82) is 0 Å². The Kier molecular flexibility index (Phi) is 6.47. The number of hydrogen-bond acceptors (Lipinski definition) is 3. The van der Waals surface area contributed by atoms with Crippen LogP contribution >= 0.6 is 0 Å². The van der Waals surface area contributed by atoms with E-state index in [1.54, 1.807) is 42.6 Å². The van der Waals surface area contributed by atoms with E-state index in [0.29, 0.717) is 16.9 Å². The van der Waals surface area contributed by atoms with Crippen LogP contribution in [0.1, 0.15) is 46.5 Å². The summed E-state index contributed by atoms with van der Waals surface area (Å²) < 4.78 is 1.41. The molecule has 0 radical (unpaired) electrons. The Morgan fingerprint density at radius 2 is 1.73 bits per heavy atom. The van der Waals surface area contributed by atoms with Crippen molar-refractivity contribution in [2.24, 2.45) is 0 Å². The van der Waals surface area contributed by atoms with Crippen molar-refractivity contribution in [3.63, 3.8) is 0 Å². The van der Waals surface area contributed by atoms with Crippen LogP contribution < -0.4 is 16.2 Å². The number of pyridine rings is 1. The molecule has 2 aromatic carbocycles. The van der Waals surface area contributed by atoms with Gasteiger partial charge in [-0.1, -0.05) is 24.6 Å². The number of carbonyl (C=O) groups is 2. The third-order valence-electron chi connectivity index (χ3n) is 4.87. The van der Waals surface area contributed by atoms with E-state index < -0.39 is 5.56 Å². The van der Waals surface area contributed by atoms with Gasteiger partial charge in [-0.15, -0.1) is 0 Å². The lowest BCUT2D eigenvalue weighted by Crippen LogP contribution is -2.36. The van der Waals surface area contributed by atoms with Crippen molar-refractivity contribution in [2.75, 3.05) is 5.32 Å². The Bertz CT molecular complexity index is 1120. The average molecular weight is 403 g/mol. The van der Waals surface area contributed by atoms with E-state index in [-0.39, 0.29) is 23.4 Å². The molecule has 30 heavy (non-hydrogen) atoms. The van der Waals surface area contributed by atoms with Gasteiger partial charge in [0.15, 0.2) is 0 Å². The summed E-state index contributed by atoms with van der Waals surface area (Å²) in [7, 11) is 0. The van der Waals surface area contributed by atoms with Crippen LogP contribution in [0.3, 0.4) is 0 Å². The van der Waals surface area contributed by atoms with Gasteiger partial charge in [-0.05, 0) is 68.8 Å². The zero-order valence-corrected chi connectivity index (χ0v) is 17.3. The van der Waals surface area contributed by atoms with E-state index in [9.17, 15) is 14.4 Å². The number of amides is 2. The van der Waals surface area contributed by atoms with E-state index in [4.69, 9.17) is 0 Å². The molecule has 1 unspecified atom stereocenters. The van der Waals surface area contributed by atoms with Gasteiger partial charge in [0.2, 0.25) is 0 Å². The lowest BCUT2D eigenvalue weighted by atomic mass is 10.1. The van der Waals surface area contributed by atoms with Gasteiger partial charge in [0.1, 0.15) is 5.56 Å². The number of aryl methyl sites for hydroxylation is 1. The molecule has 0 aliphatic carbocycles. The Hall–Kier alpha value is -3.67. The van der Waals surface area contributed by atoms with Gasteiger partial charge < -0.3 is 10.6 Å². The van der Waals surface area contributed by atoms with Gasteiger partial charge in [0.05, 0.1) is 0 Å². The molecule has 154 valence electrons. The van der Waals surface area contributed by atoms with Crippen LogP contribution in [-0.2, 0) is 0 Å². The molecular formula is C24H25N3O3. The quantitative estimate of drug-likeness (QED) is 0.654. The second kappa shape index (κ2) is 9.22. The minimum atomic E-state index is -0.394. The number of aromatic nitrogens is 1. The van der Waals surface area contributed by atoms with Gasteiger partial charge in [0, 0.05) is 29.2 Å². The van der Waals surface area contributed by atoms with Crippen LogP contribution in [0.15, 0.2) is 71.7 Å². The van der Waals surface area contributed by atoms with Gasteiger partial charge in [-0.2, -0.15) is 0 Å². The van der Waals surface area contributed by atoms with E-state index in [0.717, 1.165) is 12.0 Å². The fraction of sp³-hybridized carbons (Fsp3) is 0.208. The predicted molar refractivity (Wildman–Crippen MR) is 118 cm³/mol. The number of nitrogens with one attached hydrogen (secondary N) is 2. The maximum Gasteiger partial charge on any atom is 0.267 e. The van der Waals surface area contributed by atoms with E-state index in [2.05, 4.69) is 10.6 Å². The molecule has 0 fully saturated rings. The highest BCUT2D eigenvalue weighted by atomic mass is 16.2. The van der Waals surface area contributed by atoms with E-state index in [1.165, 1.54) is 10.6 Å². The molecule has 6 heteroatoms. The Morgan fingerprint density at radius 3 is 2.40 bits per heavy atom. The minimum Gasteiger partial charge on any atom is -0.349 e. The van der Waals surface area contributed by atoms with Gasteiger partial charge >= 0.3 is 0 Å². The number of benzene rings is 2. The first-order valence-electron chi connectivity index (χ1n) is 9.90. The van der Waals surface area contributed by atoms with Crippen molar-refractivity contribution in [3.05, 3.63) is 93.9 Å². The van der Waals surface area contributed by atoms with Crippen LogP contribution in [-0.4, -0.2) is 22.4 Å². The molecule has 0 spiro atoms. The summed E-state index contributed by atoms with van der Waals surface area (Å²) in [5.74, 6) is -0.585. The maximum absolute atomic E-state index is 12.8. The summed E-state index contributed by atoms with van der Waals surface area (Å²) in [6.07, 6.45) is 2.39. The molecule has 1 atom stereocenters. The second-order valence-corrected chi connectivity index (χ2v) is 7.25. The molecule has 0 aliphatic rings. The van der Waals surface area contributed by atoms with Crippen LogP contribution in [0, 0.1) is 6.92 Å². The monoisotopic (exact) mass is 403 g/mol. The molecular weight excluding hydrogens is 378 g/mol. The third kappa shape index (κ3) is 4.84. The second-order valence-electron chi connectivity index (χ2n) is 7.25. The molecule has 0 aliphatic heterocycles. The fourth-order valence-corrected chi connectivity index (χ4v) is 2.97. The first kappa shape index (κ1) is 21.0. The van der Waals surface area contributed by atoms with E-state index >= 15 is 0 Å². The van der Waals surface area contributed by atoms with Gasteiger partial charge in [-0.3, -0.25) is 19.0 Å². The minimum absolute atomic E-state index is 0.0122. The van der Waals surface area contributed by atoms with Crippen molar-refractivity contribution in [3.8, 4) is 5.69 Å². The molecule has 0 saturated carbocycles. The zero-order chi connectivity index (χ0) is 21.7. The summed E-state index contributed by atoms with van der Waals surface area (Å²) in [6, 6.07) is 17.4. The number of anilines is 1. The van der Waals surface area contributed by atoms with Crippen molar-refractivity contribution < 1.29 is 9.59 Å². The highest BCUT2D eigenvalue weighted by Crippen LogP contribution is 2.14. The summed E-state index contributed by atoms with van der Waals surface area (Å²) in [6.45, 7) is 5.79. The van der Waals surface area contributed by atoms with Crippen LogP contribution in [0.2, 0.25) is 0 Å². The zero-order valence-electron chi connectivity index (χ0n) is 17.3. The van der Waals surface area contributed by atoms with E-state index in [1.807, 2.05) is 39.0 Å². The molecule has 0 saturated heterocycles. The van der Waals surface area contributed by atoms with Gasteiger partial charge in [0.25, 0.3) is 17.4 Å². The van der Waals surface area contributed by atoms with Crippen LogP contribution in [0.4, 0.5) is 5.69 Å². The lowest BCUT2D eigenvalue weighted by Gasteiger charge is -2.13. The van der Waals surface area contributed by atoms with Crippen molar-refractivity contribution >= 4 is 17.5 Å². The summed E-state index contributed by atoms with van der Waals surface area (Å²) in [4.78, 5) is 37.6. The summed E-state index contributed by atoms with van der Waals surface area (Å²) >= 11 is 0. The largest absolute Gasteiger partial charge is 0.349 e. The Labute approximate surface area is 175 Å². The molecule has 2 N–H and O–H groups in total. The SMILES string of the molecule is CCC(C)NC(=O)c1cccn(-c2ccc(NC(=O)c3cccc(C)c3)cc2)c1=O. The first-order chi connectivity index (χ1) is 14.4. The maximum atomic E-state index is 12.8. The molecule has 1 aromatic heterocycles. The molecule has 6 nitrogen and oxygen atoms in total. The fourth-order valence-electron chi connectivity index (χ4n) is 2.97. The topological polar surface area (TPSA) is 80.2 Å². The highest BCUT2D eigenvalue weighted by molar-refractivity contribution is 6.04. The molecule has 3 rings (SSSR count). The highest BCUT2D eigenvalue weighted by Gasteiger charge is 2.14. The van der Waals surface area contributed by atoms with Crippen LogP contribution in [0.5, 0.6) is 0 Å². The van der Waals surface area contributed by atoms with Crippen LogP contribution in [0.25, 0.3) is 5.69 Å². The van der Waals surface area contributed by atoms with Crippen molar-refractivity contribution in [2.45, 2.75) is 33.2 Å². The smallest absolute Gasteiger partial charge is 0.267 e.